The molecule has 0 atom stereocenters. The van der Waals surface area contributed by atoms with Crippen molar-refractivity contribution in [3.63, 3.8) is 0 Å². The monoisotopic (exact) mass is 310 g/mol. The summed E-state index contributed by atoms with van der Waals surface area (Å²) in [6, 6.07) is 5.94. The fraction of sp³-hybridized carbons (Fsp3) is 0.500. The van der Waals surface area contributed by atoms with Crippen LogP contribution >= 0.6 is 15.9 Å². The van der Waals surface area contributed by atoms with Crippen LogP contribution in [0.4, 0.5) is 5.69 Å². The molecule has 2 rings (SSSR count). The van der Waals surface area contributed by atoms with Crippen LogP contribution in [0.2, 0.25) is 0 Å². The van der Waals surface area contributed by atoms with Gasteiger partial charge in [-0.15, -0.1) is 0 Å². The van der Waals surface area contributed by atoms with Crippen LogP contribution in [-0.2, 0) is 4.79 Å². The summed E-state index contributed by atoms with van der Waals surface area (Å²) in [6.07, 6.45) is 1.79. The molecule has 1 aliphatic heterocycles. The van der Waals surface area contributed by atoms with Gasteiger partial charge in [-0.3, -0.25) is 4.79 Å². The van der Waals surface area contributed by atoms with Crippen molar-refractivity contribution in [3.8, 4) is 0 Å². The molecule has 1 fully saturated rings. The second-order valence-electron chi connectivity index (χ2n) is 5.22. The Hall–Kier alpha value is -0.870. The number of halogens is 1. The van der Waals surface area contributed by atoms with Crippen molar-refractivity contribution in [1.29, 1.82) is 0 Å². The van der Waals surface area contributed by atoms with Crippen molar-refractivity contribution >= 4 is 27.5 Å². The molecule has 1 aromatic rings. The van der Waals surface area contributed by atoms with Crippen LogP contribution in [0.1, 0.15) is 25.3 Å². The highest BCUT2D eigenvalue weighted by atomic mass is 79.9. The van der Waals surface area contributed by atoms with Gasteiger partial charge in [0.1, 0.15) is 0 Å². The summed E-state index contributed by atoms with van der Waals surface area (Å²) in [5, 5.41) is 6.36. The normalized spacial score (nSPS) is 18.4. The number of carbonyl (C=O) groups excluding carboxylic acids is 1. The van der Waals surface area contributed by atoms with Gasteiger partial charge < -0.3 is 10.6 Å². The van der Waals surface area contributed by atoms with Crippen LogP contribution in [-0.4, -0.2) is 19.0 Å². The summed E-state index contributed by atoms with van der Waals surface area (Å²) in [7, 11) is 0. The van der Waals surface area contributed by atoms with Crippen LogP contribution in [0.15, 0.2) is 22.7 Å². The fourth-order valence-electron chi connectivity index (χ4n) is 2.21. The first-order valence-electron chi connectivity index (χ1n) is 6.30. The second-order valence-corrected chi connectivity index (χ2v) is 6.14. The van der Waals surface area contributed by atoms with E-state index in [-0.39, 0.29) is 11.3 Å². The Labute approximate surface area is 116 Å². The Morgan fingerprint density at radius 2 is 2.06 bits per heavy atom. The summed E-state index contributed by atoms with van der Waals surface area (Å²) in [5.74, 6) is 0.130. The van der Waals surface area contributed by atoms with Gasteiger partial charge in [0.15, 0.2) is 0 Å². The number of anilines is 1. The highest BCUT2D eigenvalue weighted by Gasteiger charge is 2.34. The minimum atomic E-state index is -0.250. The molecule has 2 N–H and O–H groups in total. The molecule has 0 saturated carbocycles. The van der Waals surface area contributed by atoms with E-state index in [0.29, 0.717) is 0 Å². The van der Waals surface area contributed by atoms with Crippen molar-refractivity contribution in [2.45, 2.75) is 26.7 Å². The molecule has 1 saturated heterocycles. The van der Waals surface area contributed by atoms with E-state index in [1.807, 2.05) is 25.1 Å². The molecule has 1 amide bonds. The van der Waals surface area contributed by atoms with Gasteiger partial charge in [0, 0.05) is 15.6 Å². The van der Waals surface area contributed by atoms with E-state index in [4.69, 9.17) is 0 Å². The lowest BCUT2D eigenvalue weighted by Gasteiger charge is -2.32. The number of amides is 1. The first kappa shape index (κ1) is 13.6. The average molecular weight is 311 g/mol. The molecular weight excluding hydrogens is 292 g/mol. The Bertz CT molecular complexity index is 453. The number of piperidine rings is 1. The SMILES string of the molecule is Cc1ccc(Br)cc1NC(=O)C1(C)CCNCC1. The molecule has 0 aliphatic carbocycles. The van der Waals surface area contributed by atoms with Crippen molar-refractivity contribution in [2.24, 2.45) is 5.41 Å². The zero-order valence-electron chi connectivity index (χ0n) is 10.8. The Balaban J connectivity index is 2.13. The number of rotatable bonds is 2. The van der Waals surface area contributed by atoms with Crippen molar-refractivity contribution in [3.05, 3.63) is 28.2 Å². The first-order valence-corrected chi connectivity index (χ1v) is 7.09. The van der Waals surface area contributed by atoms with Gasteiger partial charge in [0.25, 0.3) is 0 Å². The number of hydrogen-bond donors (Lipinski definition) is 2. The Morgan fingerprint density at radius 3 is 2.72 bits per heavy atom. The lowest BCUT2D eigenvalue weighted by Crippen LogP contribution is -2.42. The van der Waals surface area contributed by atoms with Crippen LogP contribution in [0.25, 0.3) is 0 Å². The van der Waals surface area contributed by atoms with Crippen LogP contribution < -0.4 is 10.6 Å². The zero-order valence-corrected chi connectivity index (χ0v) is 12.4. The molecule has 1 heterocycles. The maximum atomic E-state index is 12.4. The molecule has 98 valence electrons. The number of carbonyl (C=O) groups is 1. The predicted molar refractivity (Wildman–Crippen MR) is 77.7 cm³/mol. The quantitative estimate of drug-likeness (QED) is 0.881. The number of aryl methyl sites for hydroxylation is 1. The standard InChI is InChI=1S/C14H19BrN2O/c1-10-3-4-11(15)9-12(10)17-13(18)14(2)5-7-16-8-6-14/h3-4,9,16H,5-8H2,1-2H3,(H,17,18). The zero-order chi connectivity index (χ0) is 13.2. The Morgan fingerprint density at radius 1 is 1.39 bits per heavy atom. The maximum Gasteiger partial charge on any atom is 0.230 e. The lowest BCUT2D eigenvalue weighted by molar-refractivity contribution is -0.126. The maximum absolute atomic E-state index is 12.4. The number of benzene rings is 1. The minimum absolute atomic E-state index is 0.130. The van der Waals surface area contributed by atoms with Crippen molar-refractivity contribution < 1.29 is 4.79 Å². The summed E-state index contributed by atoms with van der Waals surface area (Å²) in [4.78, 5) is 12.4. The van der Waals surface area contributed by atoms with Gasteiger partial charge in [-0.25, -0.2) is 0 Å². The van der Waals surface area contributed by atoms with Gasteiger partial charge in [-0.05, 0) is 50.6 Å². The highest BCUT2D eigenvalue weighted by Crippen LogP contribution is 2.30. The van der Waals surface area contributed by atoms with Gasteiger partial charge in [-0.1, -0.05) is 28.9 Å². The third-order valence-corrected chi connectivity index (χ3v) is 4.20. The molecule has 0 radical (unpaired) electrons. The van der Waals surface area contributed by atoms with Crippen LogP contribution in [0.5, 0.6) is 0 Å². The summed E-state index contributed by atoms with van der Waals surface area (Å²) < 4.78 is 0.985. The molecule has 0 unspecified atom stereocenters. The first-order chi connectivity index (χ1) is 8.51. The molecule has 1 aromatic carbocycles. The summed E-state index contributed by atoms with van der Waals surface area (Å²) in [6.45, 7) is 5.89. The van der Waals surface area contributed by atoms with E-state index >= 15 is 0 Å². The number of hydrogen-bond acceptors (Lipinski definition) is 2. The van der Waals surface area contributed by atoms with E-state index < -0.39 is 0 Å². The van der Waals surface area contributed by atoms with Crippen LogP contribution in [0, 0.1) is 12.3 Å². The topological polar surface area (TPSA) is 41.1 Å². The van der Waals surface area contributed by atoms with Gasteiger partial charge in [-0.2, -0.15) is 0 Å². The Kier molecular flexibility index (Phi) is 4.07. The molecule has 3 nitrogen and oxygen atoms in total. The molecule has 1 aliphatic rings. The molecular formula is C14H19BrN2O. The largest absolute Gasteiger partial charge is 0.325 e. The number of nitrogens with one attached hydrogen (secondary N) is 2. The third-order valence-electron chi connectivity index (χ3n) is 3.70. The van der Waals surface area contributed by atoms with E-state index in [2.05, 4.69) is 33.5 Å². The summed E-state index contributed by atoms with van der Waals surface area (Å²) in [5.41, 5.74) is 1.73. The molecule has 0 aromatic heterocycles. The van der Waals surface area contributed by atoms with Crippen molar-refractivity contribution in [2.75, 3.05) is 18.4 Å². The van der Waals surface area contributed by atoms with Gasteiger partial charge in [0.05, 0.1) is 0 Å². The molecule has 4 heteroatoms. The average Bonchev–Trinajstić information content (AvgIpc) is 2.35. The van der Waals surface area contributed by atoms with Gasteiger partial charge in [0.2, 0.25) is 5.91 Å². The molecule has 18 heavy (non-hydrogen) atoms. The van der Waals surface area contributed by atoms with E-state index in [1.165, 1.54) is 0 Å². The molecule has 0 bridgehead atoms. The fourth-order valence-corrected chi connectivity index (χ4v) is 2.57. The third kappa shape index (κ3) is 2.93. The van der Waals surface area contributed by atoms with E-state index in [9.17, 15) is 4.79 Å². The predicted octanol–water partition coefficient (Wildman–Crippen LogP) is 3.09. The summed E-state index contributed by atoms with van der Waals surface area (Å²) >= 11 is 3.43. The minimum Gasteiger partial charge on any atom is -0.325 e. The van der Waals surface area contributed by atoms with Crippen molar-refractivity contribution in [1.82, 2.24) is 5.32 Å². The van der Waals surface area contributed by atoms with Gasteiger partial charge >= 0.3 is 0 Å². The second kappa shape index (κ2) is 5.41. The smallest absolute Gasteiger partial charge is 0.230 e. The van der Waals surface area contributed by atoms with E-state index in [0.717, 1.165) is 41.7 Å². The van der Waals surface area contributed by atoms with Crippen LogP contribution in [0.3, 0.4) is 0 Å². The van der Waals surface area contributed by atoms with E-state index in [1.54, 1.807) is 0 Å². The lowest BCUT2D eigenvalue weighted by atomic mass is 9.80. The highest BCUT2D eigenvalue weighted by molar-refractivity contribution is 9.10. The molecule has 0 spiro atoms.